The van der Waals surface area contributed by atoms with Gasteiger partial charge in [0.1, 0.15) is 36.1 Å². The van der Waals surface area contributed by atoms with E-state index in [2.05, 4.69) is 36.9 Å². The largest absolute Gasteiger partial charge is 0.492 e. The summed E-state index contributed by atoms with van der Waals surface area (Å²) >= 11 is 0. The molecule has 0 saturated carbocycles. The highest BCUT2D eigenvalue weighted by atomic mass is 32.2. The van der Waals surface area contributed by atoms with E-state index in [0.717, 1.165) is 63.5 Å². The van der Waals surface area contributed by atoms with Crippen LogP contribution in [0.25, 0.3) is 11.0 Å². The van der Waals surface area contributed by atoms with Gasteiger partial charge in [-0.3, -0.25) is 4.72 Å². The second-order valence-corrected chi connectivity index (χ2v) is 19.3. The summed E-state index contributed by atoms with van der Waals surface area (Å²) in [5.74, 6) is 2.37. The molecule has 1 atom stereocenters. The van der Waals surface area contributed by atoms with E-state index in [9.17, 15) is 8.42 Å². The second kappa shape index (κ2) is 16.4. The van der Waals surface area contributed by atoms with Gasteiger partial charge in [-0.15, -0.1) is 0 Å². The van der Waals surface area contributed by atoms with Crippen molar-refractivity contribution >= 4 is 35.2 Å². The average molecular weight is 694 g/mol. The first-order valence-corrected chi connectivity index (χ1v) is 21.2. The molecule has 0 amide bonds. The number of hydrogen-bond donors (Lipinski definition) is 2. The van der Waals surface area contributed by atoms with E-state index in [0.29, 0.717) is 37.7 Å². The predicted molar refractivity (Wildman–Crippen MR) is 196 cm³/mol. The Balaban J connectivity index is 1.31. The summed E-state index contributed by atoms with van der Waals surface area (Å²) in [5.41, 5.74) is 4.50. The first-order chi connectivity index (χ1) is 23.2. The highest BCUT2D eigenvalue weighted by Gasteiger charge is 2.33. The van der Waals surface area contributed by atoms with E-state index in [4.69, 9.17) is 18.3 Å². The molecule has 1 aliphatic carbocycles. The maximum atomic E-state index is 13.0. The number of anilines is 1. The van der Waals surface area contributed by atoms with Gasteiger partial charge in [-0.1, -0.05) is 57.2 Å². The normalized spacial score (nSPS) is 14.2. The number of benzene rings is 3. The molecule has 0 bridgehead atoms. The molecule has 0 radical (unpaired) electrons. The van der Waals surface area contributed by atoms with E-state index >= 15 is 0 Å². The Hall–Kier alpha value is -3.35. The summed E-state index contributed by atoms with van der Waals surface area (Å²) < 4.78 is 55.2. The minimum Gasteiger partial charge on any atom is -0.492 e. The quantitative estimate of drug-likeness (QED) is 0.0809. The Morgan fingerprint density at radius 3 is 2.40 bits per heavy atom. The van der Waals surface area contributed by atoms with Crippen molar-refractivity contribution in [2.24, 2.45) is 0 Å². The summed E-state index contributed by atoms with van der Waals surface area (Å²) in [4.78, 5) is 0. The molecule has 1 aromatic heterocycles. The van der Waals surface area contributed by atoms with E-state index in [1.54, 1.807) is 0 Å². The van der Waals surface area contributed by atoms with Crippen molar-refractivity contribution in [2.75, 3.05) is 38.5 Å². The topological polar surface area (TPSA) is 102 Å². The van der Waals surface area contributed by atoms with Gasteiger partial charge in [-0.05, 0) is 72.8 Å². The number of fused-ring (bicyclic) bond motifs is 3. The van der Waals surface area contributed by atoms with Gasteiger partial charge < -0.3 is 23.6 Å². The number of hydrogen-bond acceptors (Lipinski definition) is 7. The molecular weight excluding hydrogens is 643 g/mol. The number of nitrogens with zero attached hydrogens (tertiary/aromatic N) is 1. The standard InChI is InChI=1S/C37H51N3O6SSi/c1-6-48(7-2,8-3)46-37(26-38-22-23-43-30-19-20-32-31-16-12-13-17-34(31)45-36(32)25-30)29-18-21-35(44-27-28-14-10-9-11-15-28)33(24-29)39-47(41,42)40(4)5/h9-11,14-15,18-21,24-25,37-39H,6-8,12-13,16-17,22-23,26-27H2,1-5H3/t37-/m0/s1. The van der Waals surface area contributed by atoms with Crippen LogP contribution in [0.5, 0.6) is 11.5 Å². The molecule has 3 aromatic carbocycles. The van der Waals surface area contributed by atoms with Crippen molar-refractivity contribution in [3.05, 3.63) is 89.2 Å². The van der Waals surface area contributed by atoms with Crippen LogP contribution in [0.4, 0.5) is 5.69 Å². The maximum absolute atomic E-state index is 13.0. The minimum absolute atomic E-state index is 0.284. The van der Waals surface area contributed by atoms with Gasteiger partial charge >= 0.3 is 10.2 Å². The molecule has 1 aliphatic rings. The third-order valence-electron chi connectivity index (χ3n) is 9.46. The lowest BCUT2D eigenvalue weighted by molar-refractivity contribution is 0.183. The zero-order chi connectivity index (χ0) is 34.1. The Bertz CT molecular complexity index is 1730. The van der Waals surface area contributed by atoms with E-state index in [1.165, 1.54) is 37.9 Å². The Kier molecular flexibility index (Phi) is 12.3. The van der Waals surface area contributed by atoms with Crippen molar-refractivity contribution in [2.45, 2.75) is 77.3 Å². The van der Waals surface area contributed by atoms with Crippen molar-refractivity contribution in [1.29, 1.82) is 0 Å². The van der Waals surface area contributed by atoms with Gasteiger partial charge in [-0.25, -0.2) is 0 Å². The molecule has 0 unspecified atom stereocenters. The summed E-state index contributed by atoms with van der Waals surface area (Å²) in [6.07, 6.45) is 4.21. The zero-order valence-corrected chi connectivity index (χ0v) is 30.8. The number of furan rings is 1. The lowest BCUT2D eigenvalue weighted by Gasteiger charge is -2.34. The van der Waals surface area contributed by atoms with Crippen molar-refractivity contribution in [3.8, 4) is 11.5 Å². The third-order valence-corrected chi connectivity index (χ3v) is 15.6. The lowest BCUT2D eigenvalue weighted by Crippen LogP contribution is -2.40. The van der Waals surface area contributed by atoms with Gasteiger partial charge in [0.05, 0.1) is 11.8 Å². The second-order valence-electron chi connectivity index (χ2n) is 12.7. The first kappa shape index (κ1) is 35.9. The number of aryl methyl sites for hydroxylation is 2. The fourth-order valence-corrected chi connectivity index (χ4v) is 9.70. The summed E-state index contributed by atoms with van der Waals surface area (Å²) in [7, 11) is -2.81. The van der Waals surface area contributed by atoms with Crippen molar-refractivity contribution in [1.82, 2.24) is 9.62 Å². The molecule has 0 aliphatic heterocycles. The Morgan fingerprint density at radius 1 is 0.917 bits per heavy atom. The summed E-state index contributed by atoms with van der Waals surface area (Å²) in [6.45, 7) is 8.58. The molecule has 48 heavy (non-hydrogen) atoms. The molecule has 0 saturated heterocycles. The molecule has 4 aromatic rings. The predicted octanol–water partition coefficient (Wildman–Crippen LogP) is 7.84. The number of nitrogens with one attached hydrogen (secondary N) is 2. The van der Waals surface area contributed by atoms with Gasteiger partial charge in [0, 0.05) is 50.6 Å². The molecule has 2 N–H and O–H groups in total. The summed E-state index contributed by atoms with van der Waals surface area (Å²) in [6, 6.07) is 24.6. The van der Waals surface area contributed by atoms with Crippen LogP contribution in [-0.4, -0.2) is 54.8 Å². The Morgan fingerprint density at radius 2 is 1.67 bits per heavy atom. The maximum Gasteiger partial charge on any atom is 0.301 e. The van der Waals surface area contributed by atoms with Crippen LogP contribution in [0.2, 0.25) is 18.1 Å². The van der Waals surface area contributed by atoms with Crippen LogP contribution in [0.1, 0.15) is 62.2 Å². The molecule has 0 spiro atoms. The third kappa shape index (κ3) is 8.81. The smallest absolute Gasteiger partial charge is 0.301 e. The van der Waals surface area contributed by atoms with Crippen LogP contribution in [0.3, 0.4) is 0 Å². The van der Waals surface area contributed by atoms with E-state index < -0.39 is 18.5 Å². The van der Waals surface area contributed by atoms with Crippen LogP contribution in [0.15, 0.2) is 71.1 Å². The van der Waals surface area contributed by atoms with Crippen LogP contribution < -0.4 is 19.5 Å². The van der Waals surface area contributed by atoms with Crippen molar-refractivity contribution < 1.29 is 26.7 Å². The molecule has 9 nitrogen and oxygen atoms in total. The number of ether oxygens (including phenoxy) is 2. The van der Waals surface area contributed by atoms with Gasteiger partial charge in [-0.2, -0.15) is 12.7 Å². The highest BCUT2D eigenvalue weighted by molar-refractivity contribution is 7.90. The fourth-order valence-electron chi connectivity index (χ4n) is 6.26. The van der Waals surface area contributed by atoms with Crippen LogP contribution in [-0.2, 0) is 34.1 Å². The zero-order valence-electron chi connectivity index (χ0n) is 29.0. The molecule has 5 rings (SSSR count). The Labute approximate surface area is 287 Å². The SMILES string of the molecule is CC[Si](CC)(CC)O[C@@H](CNCCOc1ccc2c3c(oc2c1)CCCC3)c1ccc(OCc2ccccc2)c(NS(=O)(=O)N(C)C)c1. The van der Waals surface area contributed by atoms with Gasteiger partial charge in [0.2, 0.25) is 0 Å². The van der Waals surface area contributed by atoms with Gasteiger partial charge in [0.15, 0.2) is 8.32 Å². The number of rotatable bonds is 18. The highest BCUT2D eigenvalue weighted by Crippen LogP contribution is 2.36. The van der Waals surface area contributed by atoms with Crippen LogP contribution in [0, 0.1) is 0 Å². The molecule has 0 fully saturated rings. The molecule has 11 heteroatoms. The van der Waals surface area contributed by atoms with E-state index in [1.807, 2.05) is 60.7 Å². The molecule has 260 valence electrons. The minimum atomic E-state index is -3.78. The fraction of sp³-hybridized carbons (Fsp3) is 0.459. The average Bonchev–Trinajstić information content (AvgIpc) is 3.47. The molecular formula is C37H51N3O6SSi. The molecule has 1 heterocycles. The monoisotopic (exact) mass is 693 g/mol. The van der Waals surface area contributed by atoms with E-state index in [-0.39, 0.29) is 6.10 Å². The van der Waals surface area contributed by atoms with Crippen molar-refractivity contribution in [3.63, 3.8) is 0 Å². The first-order valence-electron chi connectivity index (χ1n) is 17.2. The summed E-state index contributed by atoms with van der Waals surface area (Å²) in [5, 5.41) is 4.75. The van der Waals surface area contributed by atoms with Gasteiger partial charge in [0.25, 0.3) is 0 Å². The lowest BCUT2D eigenvalue weighted by atomic mass is 9.96. The van der Waals surface area contributed by atoms with Crippen LogP contribution >= 0.6 is 0 Å².